The molecule has 0 bridgehead atoms. The molecule has 0 spiro atoms. The van der Waals surface area contributed by atoms with Crippen molar-refractivity contribution in [1.82, 2.24) is 10.0 Å². The molecule has 1 aromatic carbocycles. The normalized spacial score (nSPS) is 17.7. The predicted molar refractivity (Wildman–Crippen MR) is 80.3 cm³/mol. The zero-order valence-electron chi connectivity index (χ0n) is 11.7. The molecule has 0 aliphatic carbocycles. The Hall–Kier alpha value is -0.760. The van der Waals surface area contributed by atoms with Crippen LogP contribution in [0.2, 0.25) is 0 Å². The van der Waals surface area contributed by atoms with Crippen molar-refractivity contribution in [1.29, 1.82) is 0 Å². The van der Waals surface area contributed by atoms with Crippen LogP contribution in [0.5, 0.6) is 0 Å². The third-order valence-electron chi connectivity index (χ3n) is 3.31. The van der Waals surface area contributed by atoms with E-state index in [4.69, 9.17) is 0 Å². The molecule has 1 aliphatic heterocycles. The highest BCUT2D eigenvalue weighted by Crippen LogP contribution is 2.20. The highest BCUT2D eigenvalue weighted by atomic mass is 32.2. The third-order valence-corrected chi connectivity index (χ3v) is 5.71. The van der Waals surface area contributed by atoms with Crippen molar-refractivity contribution in [2.45, 2.75) is 37.4 Å². The van der Waals surface area contributed by atoms with E-state index in [2.05, 4.69) is 10.0 Å². The molecule has 0 fully saturated rings. The summed E-state index contributed by atoms with van der Waals surface area (Å²) in [6.45, 7) is 3.30. The summed E-state index contributed by atoms with van der Waals surface area (Å²) >= 11 is 0. The monoisotopic (exact) mass is 316 g/mol. The minimum absolute atomic E-state index is 0.227. The first-order chi connectivity index (χ1) is 9.38. The van der Waals surface area contributed by atoms with E-state index in [0.29, 0.717) is 23.6 Å². The maximum absolute atomic E-state index is 12.3. The van der Waals surface area contributed by atoms with E-state index in [0.717, 1.165) is 17.7 Å². The Balaban J connectivity index is 2.08. The van der Waals surface area contributed by atoms with Crippen molar-refractivity contribution in [2.75, 3.05) is 12.0 Å². The standard InChI is InChI=1S/C13H20N2O3S2/c1-10(5-6-19(2)16)15-20(17,18)13-4-3-11-8-14-9-12(11)7-13/h3-4,7,10,14-15H,5-6,8-9H2,1-2H3. The van der Waals surface area contributed by atoms with Crippen LogP contribution in [0.25, 0.3) is 0 Å². The van der Waals surface area contributed by atoms with Crippen molar-refractivity contribution in [2.24, 2.45) is 0 Å². The molecule has 2 atom stereocenters. The fourth-order valence-electron chi connectivity index (χ4n) is 2.17. The second-order valence-corrected chi connectivity index (χ2v) is 8.39. The van der Waals surface area contributed by atoms with Crippen LogP contribution in [0, 0.1) is 0 Å². The van der Waals surface area contributed by atoms with Gasteiger partial charge in [0.1, 0.15) is 0 Å². The summed E-state index contributed by atoms with van der Waals surface area (Å²) in [5.41, 5.74) is 2.19. The van der Waals surface area contributed by atoms with Crippen molar-refractivity contribution in [3.05, 3.63) is 29.3 Å². The molecular weight excluding hydrogens is 296 g/mol. The molecule has 0 amide bonds. The van der Waals surface area contributed by atoms with Crippen LogP contribution in [-0.2, 0) is 33.9 Å². The SMILES string of the molecule is CC(CCS(C)=O)NS(=O)(=O)c1ccc2c(c1)CNC2. The molecule has 0 saturated carbocycles. The van der Waals surface area contributed by atoms with Gasteiger partial charge in [-0.1, -0.05) is 6.07 Å². The minimum atomic E-state index is -3.51. The van der Waals surface area contributed by atoms with Gasteiger partial charge in [-0.05, 0) is 36.6 Å². The van der Waals surface area contributed by atoms with Crippen LogP contribution in [0.1, 0.15) is 24.5 Å². The van der Waals surface area contributed by atoms with Gasteiger partial charge in [0.05, 0.1) is 4.90 Å². The average molecular weight is 316 g/mol. The highest BCUT2D eigenvalue weighted by Gasteiger charge is 2.20. The van der Waals surface area contributed by atoms with Gasteiger partial charge in [-0.3, -0.25) is 4.21 Å². The number of hydrogen-bond donors (Lipinski definition) is 2. The van der Waals surface area contributed by atoms with E-state index in [1.54, 1.807) is 25.3 Å². The van der Waals surface area contributed by atoms with Crippen molar-refractivity contribution < 1.29 is 12.6 Å². The predicted octanol–water partition coefficient (Wildman–Crippen LogP) is 0.725. The lowest BCUT2D eigenvalue weighted by atomic mass is 10.1. The number of benzene rings is 1. The van der Waals surface area contributed by atoms with E-state index in [-0.39, 0.29) is 6.04 Å². The zero-order chi connectivity index (χ0) is 14.8. The Kier molecular flexibility index (Phi) is 4.95. The summed E-state index contributed by atoms with van der Waals surface area (Å²) in [6.07, 6.45) is 2.18. The Morgan fingerprint density at radius 1 is 1.35 bits per heavy atom. The van der Waals surface area contributed by atoms with Crippen molar-refractivity contribution >= 4 is 20.8 Å². The molecule has 0 saturated heterocycles. The van der Waals surface area contributed by atoms with Crippen LogP contribution in [-0.4, -0.2) is 30.7 Å². The number of hydrogen-bond acceptors (Lipinski definition) is 4. The topological polar surface area (TPSA) is 75.3 Å². The Morgan fingerprint density at radius 3 is 2.75 bits per heavy atom. The molecule has 2 unspecified atom stereocenters. The maximum atomic E-state index is 12.3. The van der Waals surface area contributed by atoms with Gasteiger partial charge in [-0.25, -0.2) is 13.1 Å². The summed E-state index contributed by atoms with van der Waals surface area (Å²) < 4.78 is 38.2. The lowest BCUT2D eigenvalue weighted by molar-refractivity contribution is 0.555. The molecule has 0 radical (unpaired) electrons. The van der Waals surface area contributed by atoms with Crippen molar-refractivity contribution in [3.63, 3.8) is 0 Å². The second-order valence-electron chi connectivity index (χ2n) is 5.12. The second kappa shape index (κ2) is 6.34. The quantitative estimate of drug-likeness (QED) is 0.811. The molecule has 2 N–H and O–H groups in total. The van der Waals surface area contributed by atoms with Gasteiger partial charge >= 0.3 is 0 Å². The minimum Gasteiger partial charge on any atom is -0.309 e. The molecule has 112 valence electrons. The van der Waals surface area contributed by atoms with Crippen molar-refractivity contribution in [3.8, 4) is 0 Å². The third kappa shape index (κ3) is 3.88. The molecule has 5 nitrogen and oxygen atoms in total. The Labute approximate surface area is 122 Å². The Bertz CT molecular complexity index is 614. The lowest BCUT2D eigenvalue weighted by Crippen LogP contribution is -2.33. The van der Waals surface area contributed by atoms with Crippen LogP contribution < -0.4 is 10.0 Å². The number of nitrogens with one attached hydrogen (secondary N) is 2. The number of rotatable bonds is 6. The van der Waals surface area contributed by atoms with Gasteiger partial charge in [0, 0.05) is 41.9 Å². The molecule has 0 aromatic heterocycles. The first-order valence-electron chi connectivity index (χ1n) is 6.53. The smallest absolute Gasteiger partial charge is 0.240 e. The van der Waals surface area contributed by atoms with E-state index in [9.17, 15) is 12.6 Å². The van der Waals surface area contributed by atoms with Gasteiger partial charge < -0.3 is 5.32 Å². The van der Waals surface area contributed by atoms with Crippen LogP contribution in [0.15, 0.2) is 23.1 Å². The number of sulfonamides is 1. The van der Waals surface area contributed by atoms with Gasteiger partial charge in [-0.2, -0.15) is 0 Å². The van der Waals surface area contributed by atoms with Gasteiger partial charge in [0.2, 0.25) is 10.0 Å². The summed E-state index contributed by atoms with van der Waals surface area (Å²) in [6, 6.07) is 4.99. The largest absolute Gasteiger partial charge is 0.309 e. The lowest BCUT2D eigenvalue weighted by Gasteiger charge is -2.14. The van der Waals surface area contributed by atoms with Gasteiger partial charge in [0.25, 0.3) is 0 Å². The molecule has 1 aliphatic rings. The first-order valence-corrected chi connectivity index (χ1v) is 9.74. The van der Waals surface area contributed by atoms with E-state index in [1.807, 2.05) is 6.07 Å². The number of fused-ring (bicyclic) bond motifs is 1. The Morgan fingerprint density at radius 2 is 2.05 bits per heavy atom. The fourth-order valence-corrected chi connectivity index (χ4v) is 4.19. The zero-order valence-corrected chi connectivity index (χ0v) is 13.3. The molecular formula is C13H20N2O3S2. The van der Waals surface area contributed by atoms with Crippen LogP contribution >= 0.6 is 0 Å². The van der Waals surface area contributed by atoms with E-state index in [1.165, 1.54) is 0 Å². The molecule has 7 heteroatoms. The summed E-state index contributed by atoms with van der Waals surface area (Å²) in [5, 5.41) is 3.19. The van der Waals surface area contributed by atoms with E-state index < -0.39 is 20.8 Å². The summed E-state index contributed by atoms with van der Waals surface area (Å²) in [7, 11) is -4.41. The molecule has 20 heavy (non-hydrogen) atoms. The first kappa shape index (κ1) is 15.6. The van der Waals surface area contributed by atoms with Crippen LogP contribution in [0.4, 0.5) is 0 Å². The summed E-state index contributed by atoms with van der Waals surface area (Å²) in [5.74, 6) is 0.498. The maximum Gasteiger partial charge on any atom is 0.240 e. The molecule has 2 rings (SSSR count). The highest BCUT2D eigenvalue weighted by molar-refractivity contribution is 7.89. The van der Waals surface area contributed by atoms with Gasteiger partial charge in [-0.15, -0.1) is 0 Å². The molecule has 1 aromatic rings. The van der Waals surface area contributed by atoms with Gasteiger partial charge in [0.15, 0.2) is 0 Å². The molecule has 1 heterocycles. The summed E-state index contributed by atoms with van der Waals surface area (Å²) in [4.78, 5) is 0.296. The fraction of sp³-hybridized carbons (Fsp3) is 0.538. The van der Waals surface area contributed by atoms with Crippen LogP contribution in [0.3, 0.4) is 0 Å². The average Bonchev–Trinajstić information content (AvgIpc) is 2.83. The van der Waals surface area contributed by atoms with E-state index >= 15 is 0 Å².